The third-order valence-electron chi connectivity index (χ3n) is 3.37. The first-order valence-corrected chi connectivity index (χ1v) is 5.95. The van der Waals surface area contributed by atoms with Crippen LogP contribution >= 0.6 is 0 Å². The van der Waals surface area contributed by atoms with E-state index in [0.29, 0.717) is 17.6 Å². The molecule has 5 nitrogen and oxygen atoms in total. The molecule has 2 aromatic rings. The quantitative estimate of drug-likeness (QED) is 0.852. The Kier molecular flexibility index (Phi) is 2.46. The summed E-state index contributed by atoms with van der Waals surface area (Å²) in [4.78, 5) is 13.6. The number of H-pyrrole nitrogens is 1. The van der Waals surface area contributed by atoms with E-state index in [2.05, 4.69) is 16.4 Å². The van der Waals surface area contributed by atoms with Crippen molar-refractivity contribution in [3.05, 3.63) is 34.3 Å². The topological polar surface area (TPSA) is 81.8 Å². The molecule has 1 fully saturated rings. The highest BCUT2D eigenvalue weighted by atomic mass is 16.4. The molecule has 18 heavy (non-hydrogen) atoms. The third kappa shape index (κ3) is 2.03. The maximum Gasteiger partial charge on any atom is 0.417 e. The predicted molar refractivity (Wildman–Crippen MR) is 65.8 cm³/mol. The van der Waals surface area contributed by atoms with Gasteiger partial charge in [-0.2, -0.15) is 5.26 Å². The van der Waals surface area contributed by atoms with Crippen LogP contribution in [-0.2, 0) is 6.54 Å². The molecule has 0 unspecified atom stereocenters. The maximum atomic E-state index is 11.0. The van der Waals surface area contributed by atoms with Crippen molar-refractivity contribution in [2.75, 3.05) is 6.54 Å². The van der Waals surface area contributed by atoms with Crippen LogP contribution < -0.4 is 11.1 Å². The molecule has 0 aliphatic heterocycles. The van der Waals surface area contributed by atoms with E-state index in [1.54, 1.807) is 6.07 Å². The van der Waals surface area contributed by atoms with Crippen molar-refractivity contribution in [1.82, 2.24) is 10.3 Å². The number of aromatic amines is 1. The van der Waals surface area contributed by atoms with E-state index in [1.165, 1.54) is 0 Å². The molecule has 1 saturated carbocycles. The second-order valence-corrected chi connectivity index (χ2v) is 4.84. The summed E-state index contributed by atoms with van der Waals surface area (Å²) < 4.78 is 4.93. The molecule has 0 spiro atoms. The van der Waals surface area contributed by atoms with Crippen molar-refractivity contribution >= 4 is 11.1 Å². The van der Waals surface area contributed by atoms with Crippen LogP contribution in [0.15, 0.2) is 27.4 Å². The van der Waals surface area contributed by atoms with E-state index < -0.39 is 5.76 Å². The fourth-order valence-corrected chi connectivity index (χ4v) is 2.03. The lowest BCUT2D eigenvalue weighted by Gasteiger charge is -2.07. The molecule has 0 saturated heterocycles. The van der Waals surface area contributed by atoms with Crippen LogP contribution in [0.1, 0.15) is 18.4 Å². The molecule has 0 amide bonds. The van der Waals surface area contributed by atoms with Crippen LogP contribution in [-0.4, -0.2) is 11.5 Å². The molecule has 1 aliphatic rings. The normalized spacial score (nSPS) is 16.6. The molecule has 1 aromatic heterocycles. The zero-order valence-corrected chi connectivity index (χ0v) is 9.82. The number of benzene rings is 1. The molecule has 0 bridgehead atoms. The summed E-state index contributed by atoms with van der Waals surface area (Å²) in [5.74, 6) is -0.434. The van der Waals surface area contributed by atoms with E-state index in [4.69, 9.17) is 9.68 Å². The minimum Gasteiger partial charge on any atom is -0.408 e. The summed E-state index contributed by atoms with van der Waals surface area (Å²) in [5.41, 5.74) is 2.21. The minimum absolute atomic E-state index is 0.131. The number of fused-ring (bicyclic) bond motifs is 1. The minimum atomic E-state index is -0.434. The molecule has 0 atom stereocenters. The van der Waals surface area contributed by atoms with Gasteiger partial charge in [-0.1, -0.05) is 6.07 Å². The van der Waals surface area contributed by atoms with Gasteiger partial charge in [0.05, 0.1) is 17.0 Å². The smallest absolute Gasteiger partial charge is 0.408 e. The van der Waals surface area contributed by atoms with Crippen molar-refractivity contribution < 1.29 is 4.42 Å². The van der Waals surface area contributed by atoms with Gasteiger partial charge in [-0.15, -0.1) is 0 Å². The van der Waals surface area contributed by atoms with Crippen LogP contribution in [0, 0.1) is 16.7 Å². The van der Waals surface area contributed by atoms with Gasteiger partial charge in [0, 0.05) is 13.1 Å². The Morgan fingerprint density at radius 2 is 2.33 bits per heavy atom. The van der Waals surface area contributed by atoms with Gasteiger partial charge in [0.1, 0.15) is 0 Å². The van der Waals surface area contributed by atoms with Crippen molar-refractivity contribution in [3.8, 4) is 6.07 Å². The Labute approximate surface area is 103 Å². The summed E-state index contributed by atoms with van der Waals surface area (Å²) in [6.45, 7) is 1.41. The standard InChI is InChI=1S/C13H13N3O2/c14-7-13(3-4-13)8-15-6-9-1-2-11-10(5-9)16-12(17)18-11/h1-2,5,15H,3-4,6,8H2,(H,16,17). The van der Waals surface area contributed by atoms with Crippen molar-refractivity contribution in [1.29, 1.82) is 5.26 Å². The SMILES string of the molecule is N#CC1(CNCc2ccc3oc(=O)[nH]c3c2)CC1. The fourth-order valence-electron chi connectivity index (χ4n) is 2.03. The summed E-state index contributed by atoms with van der Waals surface area (Å²) in [6, 6.07) is 7.93. The van der Waals surface area contributed by atoms with Crippen LogP contribution in [0.5, 0.6) is 0 Å². The molecule has 2 N–H and O–H groups in total. The van der Waals surface area contributed by atoms with Crippen LogP contribution in [0.2, 0.25) is 0 Å². The van der Waals surface area contributed by atoms with Gasteiger partial charge in [0.15, 0.2) is 5.58 Å². The van der Waals surface area contributed by atoms with Gasteiger partial charge >= 0.3 is 5.76 Å². The fraction of sp³-hybridized carbons (Fsp3) is 0.385. The van der Waals surface area contributed by atoms with E-state index in [1.807, 2.05) is 12.1 Å². The number of nitrogens with one attached hydrogen (secondary N) is 2. The second-order valence-electron chi connectivity index (χ2n) is 4.84. The van der Waals surface area contributed by atoms with Gasteiger partial charge in [-0.25, -0.2) is 4.79 Å². The summed E-state index contributed by atoms with van der Waals surface area (Å²) in [5, 5.41) is 12.2. The first kappa shape index (κ1) is 11.1. The summed E-state index contributed by atoms with van der Waals surface area (Å²) in [7, 11) is 0. The molecule has 1 heterocycles. The van der Waals surface area contributed by atoms with E-state index >= 15 is 0 Å². The maximum absolute atomic E-state index is 11.0. The van der Waals surface area contributed by atoms with Gasteiger partial charge in [-0.3, -0.25) is 4.98 Å². The average molecular weight is 243 g/mol. The monoisotopic (exact) mass is 243 g/mol. The second kappa shape index (κ2) is 4.00. The lowest BCUT2D eigenvalue weighted by molar-refractivity contribution is 0.554. The molecule has 1 aliphatic carbocycles. The highest BCUT2D eigenvalue weighted by Crippen LogP contribution is 2.44. The number of oxazole rings is 1. The third-order valence-corrected chi connectivity index (χ3v) is 3.37. The molecular weight excluding hydrogens is 230 g/mol. The summed E-state index contributed by atoms with van der Waals surface area (Å²) in [6.07, 6.45) is 1.98. The number of rotatable bonds is 4. The van der Waals surface area contributed by atoms with Crippen LogP contribution in [0.3, 0.4) is 0 Å². The number of hydrogen-bond donors (Lipinski definition) is 2. The largest absolute Gasteiger partial charge is 0.417 e. The molecule has 0 radical (unpaired) electrons. The number of aromatic nitrogens is 1. The Hall–Kier alpha value is -2.06. The number of nitriles is 1. The van der Waals surface area contributed by atoms with E-state index in [0.717, 1.165) is 24.9 Å². The Bertz CT molecular complexity index is 673. The molecule has 3 rings (SSSR count). The van der Waals surface area contributed by atoms with Crippen molar-refractivity contribution in [2.24, 2.45) is 5.41 Å². The average Bonchev–Trinajstić information content (AvgIpc) is 3.04. The van der Waals surface area contributed by atoms with Gasteiger partial charge in [0.2, 0.25) is 0 Å². The first-order valence-electron chi connectivity index (χ1n) is 5.95. The lowest BCUT2D eigenvalue weighted by Crippen LogP contribution is -2.22. The highest BCUT2D eigenvalue weighted by molar-refractivity contribution is 5.72. The lowest BCUT2D eigenvalue weighted by atomic mass is 10.1. The molecule has 1 aromatic carbocycles. The Balaban J connectivity index is 1.67. The molecular formula is C13H13N3O2. The zero-order chi connectivity index (χ0) is 12.6. The predicted octanol–water partition coefficient (Wildman–Crippen LogP) is 1.51. The number of nitrogens with zero attached hydrogens (tertiary/aromatic N) is 1. The van der Waals surface area contributed by atoms with E-state index in [-0.39, 0.29) is 5.41 Å². The Morgan fingerprint density at radius 3 is 3.06 bits per heavy atom. The van der Waals surface area contributed by atoms with Crippen LogP contribution in [0.25, 0.3) is 11.1 Å². The first-order chi connectivity index (χ1) is 8.71. The molecule has 92 valence electrons. The number of hydrogen-bond acceptors (Lipinski definition) is 4. The Morgan fingerprint density at radius 1 is 1.50 bits per heavy atom. The van der Waals surface area contributed by atoms with Gasteiger partial charge in [-0.05, 0) is 30.5 Å². The van der Waals surface area contributed by atoms with Gasteiger partial charge < -0.3 is 9.73 Å². The summed E-state index contributed by atoms with van der Waals surface area (Å²) >= 11 is 0. The van der Waals surface area contributed by atoms with E-state index in [9.17, 15) is 4.79 Å². The van der Waals surface area contributed by atoms with Crippen LogP contribution in [0.4, 0.5) is 0 Å². The highest BCUT2D eigenvalue weighted by Gasteiger charge is 2.42. The van der Waals surface area contributed by atoms with Gasteiger partial charge in [0.25, 0.3) is 0 Å². The van der Waals surface area contributed by atoms with Crippen molar-refractivity contribution in [2.45, 2.75) is 19.4 Å². The molecule has 5 heteroatoms. The zero-order valence-electron chi connectivity index (χ0n) is 9.82. The van der Waals surface area contributed by atoms with Crippen molar-refractivity contribution in [3.63, 3.8) is 0 Å².